The fourth-order valence-corrected chi connectivity index (χ4v) is 2.72. The summed E-state index contributed by atoms with van der Waals surface area (Å²) in [6.07, 6.45) is 3.82. The van der Waals surface area contributed by atoms with Gasteiger partial charge in [-0.2, -0.15) is 0 Å². The molecule has 0 saturated carbocycles. The Labute approximate surface area is 152 Å². The summed E-state index contributed by atoms with van der Waals surface area (Å²) < 4.78 is 5.22. The number of rotatable bonds is 11. The highest BCUT2D eigenvalue weighted by Gasteiger charge is 2.19. The van der Waals surface area contributed by atoms with E-state index in [1.165, 1.54) is 0 Å². The van der Waals surface area contributed by atoms with E-state index in [-0.39, 0.29) is 6.04 Å². The van der Waals surface area contributed by atoms with Crippen LogP contribution in [0.4, 0.5) is 5.69 Å². The van der Waals surface area contributed by atoms with Gasteiger partial charge in [-0.1, -0.05) is 44.2 Å². The summed E-state index contributed by atoms with van der Waals surface area (Å²) in [4.78, 5) is 6.87. The van der Waals surface area contributed by atoms with Crippen LogP contribution < -0.4 is 11.1 Å². The fourth-order valence-electron chi connectivity index (χ4n) is 2.72. The predicted molar refractivity (Wildman–Crippen MR) is 108 cm³/mol. The van der Waals surface area contributed by atoms with E-state index in [4.69, 9.17) is 10.5 Å². The van der Waals surface area contributed by atoms with E-state index in [1.54, 1.807) is 7.11 Å². The van der Waals surface area contributed by atoms with Crippen LogP contribution in [0.2, 0.25) is 0 Å². The molecule has 1 unspecified atom stereocenters. The third-order valence-electron chi connectivity index (χ3n) is 3.99. The number of benzene rings is 1. The molecular weight excluding hydrogens is 312 g/mol. The number of hydrogen-bond donors (Lipinski definition) is 2. The lowest BCUT2D eigenvalue weighted by Gasteiger charge is -2.31. The van der Waals surface area contributed by atoms with Crippen LogP contribution >= 0.6 is 0 Å². The average molecular weight is 345 g/mol. The molecule has 0 fully saturated rings. The van der Waals surface area contributed by atoms with E-state index in [9.17, 15) is 0 Å². The van der Waals surface area contributed by atoms with Crippen LogP contribution in [0, 0.1) is 5.92 Å². The summed E-state index contributed by atoms with van der Waals surface area (Å²) in [7, 11) is 1.68. The van der Waals surface area contributed by atoms with Crippen molar-refractivity contribution >= 4 is 11.6 Å². The monoisotopic (exact) mass is 344 g/mol. The first kappa shape index (κ1) is 20.9. The van der Waals surface area contributed by atoms with Crippen LogP contribution in [0.15, 0.2) is 54.6 Å². The van der Waals surface area contributed by atoms with E-state index in [1.807, 2.05) is 36.4 Å². The van der Waals surface area contributed by atoms with Crippen molar-refractivity contribution in [2.45, 2.75) is 26.5 Å². The Morgan fingerprint density at radius 1 is 1.28 bits per heavy atom. The van der Waals surface area contributed by atoms with Gasteiger partial charge in [-0.25, -0.2) is 0 Å². The van der Waals surface area contributed by atoms with Crippen molar-refractivity contribution in [3.05, 3.63) is 55.1 Å². The van der Waals surface area contributed by atoms with Gasteiger partial charge in [-0.3, -0.25) is 9.89 Å². The molecule has 0 heterocycles. The Bertz CT molecular complexity index is 559. The van der Waals surface area contributed by atoms with Crippen molar-refractivity contribution in [2.24, 2.45) is 16.6 Å². The molecule has 0 radical (unpaired) electrons. The summed E-state index contributed by atoms with van der Waals surface area (Å²) in [6.45, 7) is 14.8. The van der Waals surface area contributed by atoms with E-state index in [0.717, 1.165) is 24.3 Å². The van der Waals surface area contributed by atoms with Gasteiger partial charge in [0, 0.05) is 37.5 Å². The van der Waals surface area contributed by atoms with Gasteiger partial charge in [0.05, 0.1) is 13.2 Å². The molecule has 138 valence electrons. The summed E-state index contributed by atoms with van der Waals surface area (Å²) in [5, 5.41) is 3.18. The van der Waals surface area contributed by atoms with Gasteiger partial charge in [0.2, 0.25) is 0 Å². The number of para-hydroxylation sites is 1. The molecule has 0 aliphatic carbocycles. The molecule has 1 aromatic carbocycles. The molecule has 0 amide bonds. The molecule has 0 bridgehead atoms. The van der Waals surface area contributed by atoms with Crippen LogP contribution in [0.25, 0.3) is 0 Å². The second-order valence-corrected chi connectivity index (χ2v) is 6.28. The molecule has 0 aliphatic heterocycles. The highest BCUT2D eigenvalue weighted by atomic mass is 16.5. The lowest BCUT2D eigenvalue weighted by molar-refractivity contribution is 0.185. The number of ether oxygens (including phenoxy) is 1. The molecule has 0 saturated heterocycles. The normalized spacial score (nSPS) is 13.1. The maximum absolute atomic E-state index is 6.11. The lowest BCUT2D eigenvalue weighted by atomic mass is 10.0. The van der Waals surface area contributed by atoms with Crippen LogP contribution in [0.5, 0.6) is 0 Å². The Morgan fingerprint density at radius 2 is 1.92 bits per heavy atom. The summed E-state index contributed by atoms with van der Waals surface area (Å²) in [5.41, 5.74) is 8.07. The Kier molecular flexibility index (Phi) is 9.58. The van der Waals surface area contributed by atoms with Gasteiger partial charge in [0.25, 0.3) is 0 Å². The molecule has 1 atom stereocenters. The van der Waals surface area contributed by atoms with E-state index < -0.39 is 0 Å². The summed E-state index contributed by atoms with van der Waals surface area (Å²) >= 11 is 0. The van der Waals surface area contributed by atoms with E-state index in [0.29, 0.717) is 25.0 Å². The molecule has 1 aromatic rings. The molecule has 0 aliphatic rings. The van der Waals surface area contributed by atoms with Crippen molar-refractivity contribution in [2.75, 3.05) is 32.1 Å². The average Bonchev–Trinajstić information content (AvgIpc) is 2.57. The Hall–Kier alpha value is -2.11. The quantitative estimate of drug-likeness (QED) is 0.367. The molecule has 3 N–H and O–H groups in total. The number of hydrogen-bond acceptors (Lipinski definition) is 3. The standard InChI is InChI=1S/C20H32N4O/c1-6-12-24(13-7-2)19(16(3)4)14-22-20(21)23-18-11-9-8-10-17(18)15-25-5/h6-11,16,19H,1-2,12-15H2,3-5H3,(H3,21,22,23). The molecule has 5 heteroatoms. The summed E-state index contributed by atoms with van der Waals surface area (Å²) in [6, 6.07) is 8.18. The van der Waals surface area contributed by atoms with Crippen LogP contribution in [-0.4, -0.2) is 43.6 Å². The predicted octanol–water partition coefficient (Wildman–Crippen LogP) is 3.26. The lowest BCUT2D eigenvalue weighted by Crippen LogP contribution is -2.42. The second kappa shape index (κ2) is 11.4. The number of aliphatic imine (C=N–C) groups is 1. The number of nitrogens with one attached hydrogen (secondary N) is 1. The van der Waals surface area contributed by atoms with Crippen LogP contribution in [0.1, 0.15) is 19.4 Å². The van der Waals surface area contributed by atoms with Crippen LogP contribution in [-0.2, 0) is 11.3 Å². The van der Waals surface area contributed by atoms with Gasteiger partial charge < -0.3 is 15.8 Å². The number of anilines is 1. The molecule has 25 heavy (non-hydrogen) atoms. The van der Waals surface area contributed by atoms with Gasteiger partial charge in [-0.15, -0.1) is 13.2 Å². The fraction of sp³-hybridized carbons (Fsp3) is 0.450. The van der Waals surface area contributed by atoms with Gasteiger partial charge in [0.1, 0.15) is 0 Å². The van der Waals surface area contributed by atoms with E-state index in [2.05, 4.69) is 42.2 Å². The highest BCUT2D eigenvalue weighted by molar-refractivity contribution is 5.92. The maximum Gasteiger partial charge on any atom is 0.193 e. The minimum atomic E-state index is 0.269. The summed E-state index contributed by atoms with van der Waals surface area (Å²) in [5.74, 6) is 0.851. The van der Waals surface area contributed by atoms with Crippen molar-refractivity contribution < 1.29 is 4.74 Å². The zero-order chi connectivity index (χ0) is 18.7. The Balaban J connectivity index is 2.82. The third-order valence-corrected chi connectivity index (χ3v) is 3.99. The zero-order valence-electron chi connectivity index (χ0n) is 15.7. The first-order chi connectivity index (χ1) is 12.0. The van der Waals surface area contributed by atoms with Crippen LogP contribution in [0.3, 0.4) is 0 Å². The smallest absolute Gasteiger partial charge is 0.193 e. The first-order valence-corrected chi connectivity index (χ1v) is 8.63. The highest BCUT2D eigenvalue weighted by Crippen LogP contribution is 2.16. The van der Waals surface area contributed by atoms with Crippen molar-refractivity contribution in [1.29, 1.82) is 0 Å². The number of methoxy groups -OCH3 is 1. The Morgan fingerprint density at radius 3 is 2.48 bits per heavy atom. The van der Waals surface area contributed by atoms with Crippen molar-refractivity contribution in [1.82, 2.24) is 4.90 Å². The van der Waals surface area contributed by atoms with Gasteiger partial charge >= 0.3 is 0 Å². The van der Waals surface area contributed by atoms with E-state index >= 15 is 0 Å². The number of nitrogens with two attached hydrogens (primary N) is 1. The SMILES string of the molecule is C=CCN(CC=C)C(CN=C(N)Nc1ccccc1COC)C(C)C. The molecule has 0 spiro atoms. The van der Waals surface area contributed by atoms with Crippen molar-refractivity contribution in [3.63, 3.8) is 0 Å². The second-order valence-electron chi connectivity index (χ2n) is 6.28. The number of nitrogens with zero attached hydrogens (tertiary/aromatic N) is 2. The largest absolute Gasteiger partial charge is 0.380 e. The minimum absolute atomic E-state index is 0.269. The van der Waals surface area contributed by atoms with Gasteiger partial charge in [0.15, 0.2) is 5.96 Å². The third kappa shape index (κ3) is 7.11. The molecule has 5 nitrogen and oxygen atoms in total. The molecule has 1 rings (SSSR count). The minimum Gasteiger partial charge on any atom is -0.380 e. The van der Waals surface area contributed by atoms with Gasteiger partial charge in [-0.05, 0) is 12.0 Å². The maximum atomic E-state index is 6.11. The number of guanidine groups is 1. The zero-order valence-corrected chi connectivity index (χ0v) is 15.7. The van der Waals surface area contributed by atoms with Crippen molar-refractivity contribution in [3.8, 4) is 0 Å². The topological polar surface area (TPSA) is 62.9 Å². The molecule has 0 aromatic heterocycles. The first-order valence-electron chi connectivity index (χ1n) is 8.63. The molecular formula is C20H32N4O.